The molecule has 1 aliphatic heterocycles. The van der Waals surface area contributed by atoms with Crippen LogP contribution in [0.3, 0.4) is 0 Å². The zero-order valence-corrected chi connectivity index (χ0v) is 14.1. The highest BCUT2D eigenvalue weighted by molar-refractivity contribution is 9.10. The van der Waals surface area contributed by atoms with Crippen LogP contribution in [-0.4, -0.2) is 50.8 Å². The molecular formula is C12H20BrN3O3S. The molecule has 6 nitrogen and oxygen atoms in total. The zero-order chi connectivity index (χ0) is 14.9. The normalized spacial score (nSPS) is 20.9. The van der Waals surface area contributed by atoms with Crippen LogP contribution in [0.4, 0.5) is 0 Å². The van der Waals surface area contributed by atoms with Gasteiger partial charge in [0.05, 0.1) is 6.54 Å². The van der Waals surface area contributed by atoms with Crippen LogP contribution in [0.1, 0.15) is 18.6 Å². The van der Waals surface area contributed by atoms with Gasteiger partial charge in [-0.15, -0.1) is 0 Å². The second-order valence-electron chi connectivity index (χ2n) is 5.23. The van der Waals surface area contributed by atoms with E-state index in [1.54, 1.807) is 4.31 Å². The van der Waals surface area contributed by atoms with Crippen molar-refractivity contribution in [2.24, 2.45) is 5.73 Å². The summed E-state index contributed by atoms with van der Waals surface area (Å²) >= 11 is 3.17. The van der Waals surface area contributed by atoms with Crippen molar-refractivity contribution in [1.29, 1.82) is 0 Å². The monoisotopic (exact) mass is 365 g/mol. The first kappa shape index (κ1) is 16.0. The second-order valence-corrected chi connectivity index (χ2v) is 7.81. The molecule has 0 aliphatic carbocycles. The molecule has 2 rings (SSSR count). The van der Waals surface area contributed by atoms with E-state index in [-0.39, 0.29) is 22.2 Å². The Morgan fingerprint density at radius 2 is 2.25 bits per heavy atom. The second kappa shape index (κ2) is 6.15. The lowest BCUT2D eigenvalue weighted by Gasteiger charge is -2.26. The minimum atomic E-state index is -3.54. The maximum Gasteiger partial charge on any atom is 0.247 e. The predicted molar refractivity (Wildman–Crippen MR) is 79.8 cm³/mol. The van der Waals surface area contributed by atoms with E-state index in [1.807, 2.05) is 19.0 Å². The maximum atomic E-state index is 12.8. The van der Waals surface area contributed by atoms with Crippen molar-refractivity contribution in [2.45, 2.75) is 30.3 Å². The van der Waals surface area contributed by atoms with Crippen molar-refractivity contribution in [2.75, 3.05) is 27.2 Å². The van der Waals surface area contributed by atoms with Crippen LogP contribution in [0.2, 0.25) is 0 Å². The first-order valence-electron chi connectivity index (χ1n) is 6.51. The van der Waals surface area contributed by atoms with Crippen LogP contribution in [0.15, 0.2) is 20.0 Å². The Hall–Kier alpha value is -0.410. The van der Waals surface area contributed by atoms with Gasteiger partial charge >= 0.3 is 0 Å². The first-order valence-corrected chi connectivity index (χ1v) is 8.74. The number of likely N-dealkylation sites (N-methyl/N-ethyl adjacent to an activating group) is 1. The molecule has 1 fully saturated rings. The molecule has 114 valence electrons. The molecule has 0 spiro atoms. The molecule has 2 heterocycles. The first-order chi connectivity index (χ1) is 9.36. The van der Waals surface area contributed by atoms with Crippen molar-refractivity contribution < 1.29 is 12.8 Å². The number of hydrogen-bond acceptors (Lipinski definition) is 5. The number of rotatable bonds is 5. The average Bonchev–Trinajstić information content (AvgIpc) is 2.95. The molecule has 0 bridgehead atoms. The molecule has 8 heteroatoms. The lowest BCUT2D eigenvalue weighted by atomic mass is 10.2. The van der Waals surface area contributed by atoms with Crippen LogP contribution >= 0.6 is 15.9 Å². The number of sulfonamides is 1. The van der Waals surface area contributed by atoms with Gasteiger partial charge in [0.2, 0.25) is 10.0 Å². The topological polar surface area (TPSA) is 79.8 Å². The van der Waals surface area contributed by atoms with Gasteiger partial charge in [-0.05, 0) is 42.9 Å². The van der Waals surface area contributed by atoms with Crippen molar-refractivity contribution in [3.05, 3.63) is 16.5 Å². The molecule has 1 unspecified atom stereocenters. The SMILES string of the molecule is CN(C)CC1CCCN1S(=O)(=O)c1cc(CN)oc1Br. The van der Waals surface area contributed by atoms with E-state index < -0.39 is 10.0 Å². The third kappa shape index (κ3) is 3.09. The van der Waals surface area contributed by atoms with E-state index in [9.17, 15) is 8.42 Å². The van der Waals surface area contributed by atoms with Crippen molar-refractivity contribution in [1.82, 2.24) is 9.21 Å². The number of hydrogen-bond donors (Lipinski definition) is 1. The van der Waals surface area contributed by atoms with Crippen LogP contribution in [-0.2, 0) is 16.6 Å². The third-order valence-electron chi connectivity index (χ3n) is 3.39. The molecule has 1 aromatic heterocycles. The highest BCUT2D eigenvalue weighted by Gasteiger charge is 2.37. The Kier molecular flexibility index (Phi) is 4.91. The van der Waals surface area contributed by atoms with E-state index in [0.29, 0.717) is 12.3 Å². The van der Waals surface area contributed by atoms with Gasteiger partial charge in [-0.3, -0.25) is 0 Å². The molecule has 1 atom stereocenters. The minimum Gasteiger partial charge on any atom is -0.452 e. The summed E-state index contributed by atoms with van der Waals surface area (Å²) in [6, 6.07) is 1.52. The molecule has 0 radical (unpaired) electrons. The van der Waals surface area contributed by atoms with Crippen LogP contribution in [0.25, 0.3) is 0 Å². The van der Waals surface area contributed by atoms with Gasteiger partial charge in [0, 0.05) is 25.2 Å². The molecule has 1 aromatic rings. The fraction of sp³-hybridized carbons (Fsp3) is 0.667. The Morgan fingerprint density at radius 3 is 2.80 bits per heavy atom. The highest BCUT2D eigenvalue weighted by atomic mass is 79.9. The number of furan rings is 1. The molecule has 20 heavy (non-hydrogen) atoms. The lowest BCUT2D eigenvalue weighted by Crippen LogP contribution is -2.41. The Balaban J connectivity index is 2.31. The van der Waals surface area contributed by atoms with E-state index in [4.69, 9.17) is 10.2 Å². The smallest absolute Gasteiger partial charge is 0.247 e. The molecule has 0 saturated carbocycles. The molecule has 0 amide bonds. The number of halogens is 1. The summed E-state index contributed by atoms with van der Waals surface area (Å²) < 4.78 is 32.6. The number of nitrogens with zero attached hydrogens (tertiary/aromatic N) is 2. The van der Waals surface area contributed by atoms with Crippen LogP contribution in [0, 0.1) is 0 Å². The van der Waals surface area contributed by atoms with Gasteiger partial charge in [0.1, 0.15) is 10.7 Å². The van der Waals surface area contributed by atoms with E-state index in [0.717, 1.165) is 19.4 Å². The van der Waals surface area contributed by atoms with Crippen molar-refractivity contribution in [3.8, 4) is 0 Å². The maximum absolute atomic E-state index is 12.8. The van der Waals surface area contributed by atoms with Gasteiger partial charge in [-0.2, -0.15) is 4.31 Å². The molecular weight excluding hydrogens is 346 g/mol. The van der Waals surface area contributed by atoms with Gasteiger partial charge < -0.3 is 15.1 Å². The van der Waals surface area contributed by atoms with Crippen LogP contribution in [0.5, 0.6) is 0 Å². The average molecular weight is 366 g/mol. The van der Waals surface area contributed by atoms with Crippen molar-refractivity contribution in [3.63, 3.8) is 0 Å². The quantitative estimate of drug-likeness (QED) is 0.848. The minimum absolute atomic E-state index is 0.0122. The Bertz CT molecular complexity index is 571. The van der Waals surface area contributed by atoms with Gasteiger partial charge in [-0.25, -0.2) is 8.42 Å². The van der Waals surface area contributed by atoms with E-state index >= 15 is 0 Å². The summed E-state index contributed by atoms with van der Waals surface area (Å²) in [5.74, 6) is 0.457. The molecule has 1 saturated heterocycles. The van der Waals surface area contributed by atoms with Crippen LogP contribution < -0.4 is 5.73 Å². The molecule has 0 aromatic carbocycles. The summed E-state index contributed by atoms with van der Waals surface area (Å²) in [5.41, 5.74) is 5.49. The lowest BCUT2D eigenvalue weighted by molar-refractivity contribution is 0.291. The third-order valence-corrected chi connectivity index (χ3v) is 6.20. The molecule has 1 aliphatic rings. The van der Waals surface area contributed by atoms with Crippen molar-refractivity contribution >= 4 is 26.0 Å². The van der Waals surface area contributed by atoms with Gasteiger partial charge in [0.15, 0.2) is 4.67 Å². The fourth-order valence-electron chi connectivity index (χ4n) is 2.53. The summed E-state index contributed by atoms with van der Waals surface area (Å²) in [5, 5.41) is 0. The van der Waals surface area contributed by atoms with Gasteiger partial charge in [0.25, 0.3) is 0 Å². The Labute approximate surface area is 128 Å². The summed E-state index contributed by atoms with van der Waals surface area (Å²) in [4.78, 5) is 2.18. The standard InChI is InChI=1S/C12H20BrN3O3S/c1-15(2)8-9-4-3-5-16(9)20(17,18)11-6-10(7-14)19-12(11)13/h6,9H,3-5,7-8,14H2,1-2H3. The summed E-state index contributed by atoms with van der Waals surface area (Å²) in [6.45, 7) is 1.45. The van der Waals surface area contributed by atoms with E-state index in [2.05, 4.69) is 15.9 Å². The van der Waals surface area contributed by atoms with E-state index in [1.165, 1.54) is 6.07 Å². The number of nitrogens with two attached hydrogens (primary N) is 1. The summed E-state index contributed by atoms with van der Waals surface area (Å²) in [7, 11) is 0.353. The highest BCUT2D eigenvalue weighted by Crippen LogP contribution is 2.32. The predicted octanol–water partition coefficient (Wildman–Crippen LogP) is 1.22. The fourth-order valence-corrected chi connectivity index (χ4v) is 5.18. The largest absolute Gasteiger partial charge is 0.452 e. The molecule has 2 N–H and O–H groups in total. The Morgan fingerprint density at radius 1 is 1.55 bits per heavy atom. The van der Waals surface area contributed by atoms with Gasteiger partial charge in [-0.1, -0.05) is 0 Å². The summed E-state index contributed by atoms with van der Waals surface area (Å²) in [6.07, 6.45) is 1.77. The zero-order valence-electron chi connectivity index (χ0n) is 11.7.